The lowest BCUT2D eigenvalue weighted by molar-refractivity contribution is -0.148. The van der Waals surface area contributed by atoms with E-state index >= 15 is 0 Å². The first-order valence-corrected chi connectivity index (χ1v) is 16.4. The van der Waals surface area contributed by atoms with Crippen molar-refractivity contribution in [2.24, 2.45) is 5.92 Å². The number of unbranched alkanes of at least 4 members (excludes halogenated alkanes) is 15. The van der Waals surface area contributed by atoms with Crippen LogP contribution in [0.25, 0.3) is 0 Å². The van der Waals surface area contributed by atoms with E-state index in [1.54, 1.807) is 12.1 Å². The van der Waals surface area contributed by atoms with Gasteiger partial charge in [0.15, 0.2) is 0 Å². The predicted molar refractivity (Wildman–Crippen MR) is 169 cm³/mol. The average molecular weight is 563 g/mol. The minimum atomic E-state index is -0.956. The van der Waals surface area contributed by atoms with Crippen molar-refractivity contribution in [2.75, 3.05) is 13.7 Å². The molecule has 0 saturated heterocycles. The Hall–Kier alpha value is -2.04. The number of aromatic carboxylic acids is 1. The lowest BCUT2D eigenvalue weighted by Gasteiger charge is -2.12. The quantitative estimate of drug-likeness (QED) is 0.106. The summed E-state index contributed by atoms with van der Waals surface area (Å²) in [6.07, 6.45) is 23.8. The Morgan fingerprint density at radius 1 is 0.725 bits per heavy atom. The topological polar surface area (TPSA) is 72.8 Å². The molecule has 1 N–H and O–H groups in total. The molecule has 0 aliphatic carbocycles. The third kappa shape index (κ3) is 19.1. The Balaban J connectivity index is 0.000000858. The van der Waals surface area contributed by atoms with E-state index < -0.39 is 5.97 Å². The van der Waals surface area contributed by atoms with Crippen molar-refractivity contribution >= 4 is 11.9 Å². The summed E-state index contributed by atoms with van der Waals surface area (Å²) < 4.78 is 10.3. The van der Waals surface area contributed by atoms with E-state index in [0.717, 1.165) is 24.8 Å². The Morgan fingerprint density at radius 2 is 1.20 bits per heavy atom. The van der Waals surface area contributed by atoms with Crippen LogP contribution in [0, 0.1) is 5.92 Å². The van der Waals surface area contributed by atoms with Gasteiger partial charge in [-0.2, -0.15) is 0 Å². The molecular weight excluding hydrogens is 500 g/mol. The van der Waals surface area contributed by atoms with Crippen LogP contribution in [-0.4, -0.2) is 30.8 Å². The number of rotatable bonds is 23. The minimum absolute atomic E-state index is 0.0246. The third-order valence-corrected chi connectivity index (χ3v) is 7.89. The fraction of sp³-hybridized carbons (Fsp3) is 0.771. The number of ether oxygens (including phenoxy) is 2. The van der Waals surface area contributed by atoms with Crippen LogP contribution < -0.4 is 4.74 Å². The van der Waals surface area contributed by atoms with Gasteiger partial charge in [-0.05, 0) is 42.9 Å². The van der Waals surface area contributed by atoms with Gasteiger partial charge in [-0.1, -0.05) is 137 Å². The molecular formula is C35H62O5. The summed E-state index contributed by atoms with van der Waals surface area (Å²) >= 11 is 0. The number of hydrogen-bond acceptors (Lipinski definition) is 4. The number of carbonyl (C=O) groups is 2. The fourth-order valence-electron chi connectivity index (χ4n) is 4.56. The highest BCUT2D eigenvalue weighted by molar-refractivity contribution is 5.91. The second-order valence-electron chi connectivity index (χ2n) is 11.4. The van der Waals surface area contributed by atoms with Crippen LogP contribution in [-0.2, 0) is 9.53 Å². The first kappa shape index (κ1) is 38.0. The van der Waals surface area contributed by atoms with Crippen LogP contribution in [0.2, 0.25) is 0 Å². The third-order valence-electron chi connectivity index (χ3n) is 7.89. The second kappa shape index (κ2) is 25.9. The maximum atomic E-state index is 11.5. The monoisotopic (exact) mass is 562 g/mol. The zero-order valence-corrected chi connectivity index (χ0v) is 26.9. The van der Waals surface area contributed by atoms with Crippen molar-refractivity contribution in [2.45, 2.75) is 156 Å². The van der Waals surface area contributed by atoms with E-state index in [4.69, 9.17) is 14.6 Å². The summed E-state index contributed by atoms with van der Waals surface area (Å²) in [6.45, 7) is 11.1. The summed E-state index contributed by atoms with van der Waals surface area (Å²) in [5, 5.41) is 8.90. The molecule has 1 rings (SSSR count). The number of hydrogen-bond donors (Lipinski definition) is 1. The normalized spacial score (nSPS) is 12.2. The van der Waals surface area contributed by atoms with Gasteiger partial charge in [0, 0.05) is 0 Å². The SMILES string of the molecule is CCC(C)c1ccc(C(=O)O)c(OC)c1.CCCCCCCCCCCCCCCCCCOC(=O)C(C)CC. The lowest BCUT2D eigenvalue weighted by atomic mass is 9.97. The summed E-state index contributed by atoms with van der Waals surface area (Å²) in [4.78, 5) is 22.4. The Kier molecular flexibility index (Phi) is 24.6. The van der Waals surface area contributed by atoms with E-state index in [1.165, 1.54) is 103 Å². The fourth-order valence-corrected chi connectivity index (χ4v) is 4.56. The molecule has 40 heavy (non-hydrogen) atoms. The average Bonchev–Trinajstić information content (AvgIpc) is 2.97. The van der Waals surface area contributed by atoms with Crippen molar-refractivity contribution in [1.82, 2.24) is 0 Å². The van der Waals surface area contributed by atoms with Gasteiger partial charge in [-0.3, -0.25) is 4.79 Å². The summed E-state index contributed by atoms with van der Waals surface area (Å²) in [5.74, 6) is -0.0749. The van der Waals surface area contributed by atoms with Crippen molar-refractivity contribution in [1.29, 1.82) is 0 Å². The predicted octanol–water partition coefficient (Wildman–Crippen LogP) is 10.7. The largest absolute Gasteiger partial charge is 0.496 e. The lowest BCUT2D eigenvalue weighted by Crippen LogP contribution is -2.14. The first-order chi connectivity index (χ1) is 19.3. The highest BCUT2D eigenvalue weighted by Gasteiger charge is 2.13. The maximum absolute atomic E-state index is 11.5. The highest BCUT2D eigenvalue weighted by Crippen LogP contribution is 2.26. The maximum Gasteiger partial charge on any atom is 0.339 e. The number of benzene rings is 1. The molecule has 0 spiro atoms. The van der Waals surface area contributed by atoms with E-state index in [-0.39, 0.29) is 17.5 Å². The van der Waals surface area contributed by atoms with Crippen molar-refractivity contribution in [3.05, 3.63) is 29.3 Å². The molecule has 0 bridgehead atoms. The van der Waals surface area contributed by atoms with E-state index in [1.807, 2.05) is 19.9 Å². The Morgan fingerprint density at radius 3 is 1.60 bits per heavy atom. The van der Waals surface area contributed by atoms with Gasteiger partial charge in [0.25, 0.3) is 0 Å². The number of carboxylic acids is 1. The van der Waals surface area contributed by atoms with Gasteiger partial charge in [0.2, 0.25) is 0 Å². The van der Waals surface area contributed by atoms with E-state index in [9.17, 15) is 9.59 Å². The molecule has 1 aromatic rings. The number of carbonyl (C=O) groups excluding carboxylic acids is 1. The number of carboxylic acid groups (broad SMARTS) is 1. The molecule has 0 aliphatic heterocycles. The van der Waals surface area contributed by atoms with Crippen LogP contribution in [0.4, 0.5) is 0 Å². The highest BCUT2D eigenvalue weighted by atomic mass is 16.5. The molecule has 0 radical (unpaired) electrons. The van der Waals surface area contributed by atoms with Crippen molar-refractivity contribution in [3.8, 4) is 5.75 Å². The zero-order chi connectivity index (χ0) is 30.0. The molecule has 0 amide bonds. The van der Waals surface area contributed by atoms with Gasteiger partial charge in [0.05, 0.1) is 19.6 Å². The second-order valence-corrected chi connectivity index (χ2v) is 11.4. The van der Waals surface area contributed by atoms with E-state index in [2.05, 4.69) is 20.8 Å². The van der Waals surface area contributed by atoms with Crippen LogP contribution >= 0.6 is 0 Å². The Labute approximate surface area is 246 Å². The molecule has 0 fully saturated rings. The number of methoxy groups -OCH3 is 1. The summed E-state index contributed by atoms with van der Waals surface area (Å²) in [5.41, 5.74) is 1.32. The van der Waals surface area contributed by atoms with Crippen molar-refractivity contribution in [3.63, 3.8) is 0 Å². The molecule has 2 unspecified atom stereocenters. The molecule has 0 heterocycles. The molecule has 0 aromatic heterocycles. The van der Waals surface area contributed by atoms with Crippen LogP contribution in [0.15, 0.2) is 18.2 Å². The summed E-state index contributed by atoms with van der Waals surface area (Å²) in [6, 6.07) is 5.25. The smallest absolute Gasteiger partial charge is 0.339 e. The molecule has 1 aromatic carbocycles. The van der Waals surface area contributed by atoms with Gasteiger partial charge in [-0.15, -0.1) is 0 Å². The minimum Gasteiger partial charge on any atom is -0.496 e. The summed E-state index contributed by atoms with van der Waals surface area (Å²) in [7, 11) is 1.49. The van der Waals surface area contributed by atoms with Crippen LogP contribution in [0.3, 0.4) is 0 Å². The number of esters is 1. The van der Waals surface area contributed by atoms with Gasteiger partial charge in [0.1, 0.15) is 11.3 Å². The molecule has 232 valence electrons. The first-order valence-electron chi connectivity index (χ1n) is 16.4. The van der Waals surface area contributed by atoms with Crippen LogP contribution in [0.1, 0.15) is 172 Å². The zero-order valence-electron chi connectivity index (χ0n) is 26.9. The molecule has 5 nitrogen and oxygen atoms in total. The van der Waals surface area contributed by atoms with Gasteiger partial charge >= 0.3 is 11.9 Å². The molecule has 0 saturated carbocycles. The van der Waals surface area contributed by atoms with Crippen LogP contribution in [0.5, 0.6) is 5.75 Å². The van der Waals surface area contributed by atoms with Gasteiger partial charge < -0.3 is 14.6 Å². The van der Waals surface area contributed by atoms with Crippen molar-refractivity contribution < 1.29 is 24.2 Å². The van der Waals surface area contributed by atoms with Gasteiger partial charge in [-0.25, -0.2) is 4.79 Å². The van der Waals surface area contributed by atoms with E-state index in [0.29, 0.717) is 18.3 Å². The molecule has 5 heteroatoms. The standard InChI is InChI=1S/C23H46O2.C12H16O3/c1-4-6-7-8-9-10-11-12-13-14-15-16-17-18-19-20-21-25-23(24)22(3)5-2;1-4-8(2)9-5-6-10(12(13)14)11(7-9)15-3/h22H,4-21H2,1-3H3;5-8H,4H2,1-3H3,(H,13,14). The Bertz CT molecular complexity index is 760. The molecule has 0 aliphatic rings. The molecule has 2 atom stereocenters.